The second-order valence-electron chi connectivity index (χ2n) is 8.80. The zero-order valence-corrected chi connectivity index (χ0v) is 22.8. The Hall–Kier alpha value is -2.85. The first-order valence-corrected chi connectivity index (χ1v) is 14.0. The number of thiophene rings is 1. The van der Waals surface area contributed by atoms with Gasteiger partial charge in [-0.05, 0) is 69.7 Å². The molecule has 1 amide bonds. The van der Waals surface area contributed by atoms with Gasteiger partial charge in [0.1, 0.15) is 10.8 Å². The predicted molar refractivity (Wildman–Crippen MR) is 142 cm³/mol. The smallest absolute Gasteiger partial charge is 0.341 e. The van der Waals surface area contributed by atoms with Gasteiger partial charge in [0, 0.05) is 11.9 Å². The molecular formula is C26H32N4O4S2. The van der Waals surface area contributed by atoms with Crippen molar-refractivity contribution in [1.82, 2.24) is 14.8 Å². The molecule has 36 heavy (non-hydrogen) atoms. The third kappa shape index (κ3) is 6.10. The molecule has 1 aromatic carbocycles. The van der Waals surface area contributed by atoms with Crippen molar-refractivity contribution in [2.24, 2.45) is 7.05 Å². The molecule has 1 atom stereocenters. The van der Waals surface area contributed by atoms with Crippen molar-refractivity contribution in [1.29, 1.82) is 0 Å². The predicted octanol–water partition coefficient (Wildman–Crippen LogP) is 5.50. The Morgan fingerprint density at radius 3 is 2.81 bits per heavy atom. The molecule has 1 unspecified atom stereocenters. The average molecular weight is 529 g/mol. The van der Waals surface area contributed by atoms with E-state index in [-0.39, 0.29) is 23.7 Å². The zero-order chi connectivity index (χ0) is 25.7. The summed E-state index contributed by atoms with van der Waals surface area (Å²) in [5, 5.41) is 12.7. The molecule has 2 heterocycles. The number of carbonyl (C=O) groups excluding carboxylic acids is 2. The van der Waals surface area contributed by atoms with Crippen LogP contribution in [0.1, 0.15) is 71.4 Å². The van der Waals surface area contributed by atoms with Crippen molar-refractivity contribution in [2.75, 3.05) is 17.7 Å². The summed E-state index contributed by atoms with van der Waals surface area (Å²) in [5.41, 5.74) is 2.69. The molecule has 0 radical (unpaired) electrons. The monoisotopic (exact) mass is 528 g/mol. The van der Waals surface area contributed by atoms with Crippen LogP contribution in [0.5, 0.6) is 5.75 Å². The molecule has 0 saturated heterocycles. The number of fused-ring (bicyclic) bond motifs is 1. The van der Waals surface area contributed by atoms with Gasteiger partial charge in [-0.25, -0.2) is 4.79 Å². The number of amides is 1. The van der Waals surface area contributed by atoms with E-state index in [0.29, 0.717) is 28.2 Å². The van der Waals surface area contributed by atoms with Crippen molar-refractivity contribution in [3.8, 4) is 5.75 Å². The molecule has 0 saturated carbocycles. The van der Waals surface area contributed by atoms with Gasteiger partial charge in [0.2, 0.25) is 5.91 Å². The molecule has 0 bridgehead atoms. The Labute approximate surface area is 219 Å². The number of nitrogens with zero attached hydrogens (tertiary/aromatic N) is 3. The van der Waals surface area contributed by atoms with Crippen LogP contribution in [0.25, 0.3) is 0 Å². The summed E-state index contributed by atoms with van der Waals surface area (Å²) in [4.78, 5) is 26.8. The highest BCUT2D eigenvalue weighted by Gasteiger charge is 2.27. The van der Waals surface area contributed by atoms with Gasteiger partial charge in [-0.2, -0.15) is 0 Å². The number of hydrogen-bond donors (Lipinski definition) is 1. The lowest BCUT2D eigenvalue weighted by Crippen LogP contribution is -2.17. The minimum absolute atomic E-state index is 0.143. The number of rotatable bonds is 9. The molecule has 1 N–H and O–H groups in total. The second kappa shape index (κ2) is 11.9. The van der Waals surface area contributed by atoms with E-state index in [1.54, 1.807) is 6.92 Å². The Morgan fingerprint density at radius 1 is 1.22 bits per heavy atom. The summed E-state index contributed by atoms with van der Waals surface area (Å²) in [6, 6.07) is 7.85. The van der Waals surface area contributed by atoms with E-state index >= 15 is 0 Å². The number of esters is 1. The summed E-state index contributed by atoms with van der Waals surface area (Å²) >= 11 is 2.80. The first-order chi connectivity index (χ1) is 17.4. The largest absolute Gasteiger partial charge is 0.483 e. The number of nitrogens with one attached hydrogen (secondary N) is 1. The van der Waals surface area contributed by atoms with Gasteiger partial charge in [-0.1, -0.05) is 30.3 Å². The number of ether oxygens (including phenoxy) is 2. The van der Waals surface area contributed by atoms with E-state index in [0.717, 1.165) is 49.0 Å². The molecule has 8 nitrogen and oxygen atoms in total. The number of thioether (sulfide) groups is 1. The number of hydrogen-bond acceptors (Lipinski definition) is 8. The van der Waals surface area contributed by atoms with Gasteiger partial charge in [-0.3, -0.25) is 4.79 Å². The summed E-state index contributed by atoms with van der Waals surface area (Å²) in [5.74, 6) is 1.03. The van der Waals surface area contributed by atoms with E-state index in [9.17, 15) is 9.59 Å². The average Bonchev–Trinajstić information content (AvgIpc) is 3.28. The molecule has 192 valence electrons. The van der Waals surface area contributed by atoms with Crippen LogP contribution in [-0.2, 0) is 29.4 Å². The van der Waals surface area contributed by atoms with Gasteiger partial charge < -0.3 is 19.4 Å². The summed E-state index contributed by atoms with van der Waals surface area (Å²) < 4.78 is 13.2. The molecule has 2 aromatic heterocycles. The highest BCUT2D eigenvalue weighted by atomic mass is 32.2. The van der Waals surface area contributed by atoms with Crippen molar-refractivity contribution in [3.63, 3.8) is 0 Å². The normalized spacial score (nSPS) is 14.0. The second-order valence-corrected chi connectivity index (χ2v) is 10.8. The molecule has 3 aromatic rings. The molecule has 1 aliphatic rings. The van der Waals surface area contributed by atoms with Gasteiger partial charge in [0.05, 0.1) is 17.9 Å². The fraction of sp³-hybridized carbons (Fsp3) is 0.462. The number of benzene rings is 1. The van der Waals surface area contributed by atoms with Crippen LogP contribution in [0, 0.1) is 6.92 Å². The van der Waals surface area contributed by atoms with Crippen molar-refractivity contribution in [2.45, 2.75) is 64.1 Å². The van der Waals surface area contributed by atoms with Crippen LogP contribution in [-0.4, -0.2) is 39.0 Å². The topological polar surface area (TPSA) is 95.3 Å². The molecule has 0 fully saturated rings. The van der Waals surface area contributed by atoms with Crippen LogP contribution >= 0.6 is 23.1 Å². The van der Waals surface area contributed by atoms with E-state index in [1.165, 1.54) is 28.0 Å². The minimum atomic E-state index is -0.361. The maximum Gasteiger partial charge on any atom is 0.341 e. The van der Waals surface area contributed by atoms with Crippen LogP contribution in [0.3, 0.4) is 0 Å². The molecule has 0 spiro atoms. The Morgan fingerprint density at radius 2 is 2.03 bits per heavy atom. The standard InChI is InChI=1S/C26H32N4O4S2/c1-5-33-25(32)22-19-12-7-6-8-13-20(19)36-24(22)27-21(31)15-35-26-29-28-23(30(26)4)17(3)34-18-11-9-10-16(2)14-18/h9-11,14,17H,5-8,12-13,15H2,1-4H3,(H,27,31). The summed E-state index contributed by atoms with van der Waals surface area (Å²) in [7, 11) is 1.86. The van der Waals surface area contributed by atoms with Crippen molar-refractivity contribution >= 4 is 40.0 Å². The summed E-state index contributed by atoms with van der Waals surface area (Å²) in [6.07, 6.45) is 4.76. The fourth-order valence-electron chi connectivity index (χ4n) is 4.29. The molecular weight excluding hydrogens is 496 g/mol. The fourth-order valence-corrected chi connectivity index (χ4v) is 6.31. The van der Waals surface area contributed by atoms with Gasteiger partial charge in [-0.15, -0.1) is 21.5 Å². The SMILES string of the molecule is CCOC(=O)c1c(NC(=O)CSc2nnc(C(C)Oc3cccc(C)c3)n2C)sc2c1CCCCC2. The van der Waals surface area contributed by atoms with Crippen molar-refractivity contribution in [3.05, 3.63) is 51.7 Å². The van der Waals surface area contributed by atoms with E-state index in [1.807, 2.05) is 49.7 Å². The van der Waals surface area contributed by atoms with Gasteiger partial charge >= 0.3 is 5.97 Å². The maximum atomic E-state index is 12.9. The van der Waals surface area contributed by atoms with Crippen LogP contribution in [0.15, 0.2) is 29.4 Å². The molecule has 0 aliphatic heterocycles. The highest BCUT2D eigenvalue weighted by Crippen LogP contribution is 2.38. The van der Waals surface area contributed by atoms with Crippen LogP contribution in [0.2, 0.25) is 0 Å². The third-order valence-corrected chi connectivity index (χ3v) is 8.25. The first kappa shape index (κ1) is 26.2. The minimum Gasteiger partial charge on any atom is -0.483 e. The van der Waals surface area contributed by atoms with E-state index in [4.69, 9.17) is 9.47 Å². The van der Waals surface area contributed by atoms with Crippen LogP contribution < -0.4 is 10.1 Å². The van der Waals surface area contributed by atoms with E-state index in [2.05, 4.69) is 15.5 Å². The third-order valence-electron chi connectivity index (χ3n) is 6.02. The van der Waals surface area contributed by atoms with Gasteiger partial charge in [0.25, 0.3) is 0 Å². The maximum absolute atomic E-state index is 12.9. The Balaban J connectivity index is 1.41. The zero-order valence-electron chi connectivity index (χ0n) is 21.1. The van der Waals surface area contributed by atoms with Crippen molar-refractivity contribution < 1.29 is 19.1 Å². The summed E-state index contributed by atoms with van der Waals surface area (Å²) in [6.45, 7) is 6.03. The van der Waals surface area contributed by atoms with Gasteiger partial charge in [0.15, 0.2) is 17.1 Å². The molecule has 10 heteroatoms. The Kier molecular flexibility index (Phi) is 8.68. The first-order valence-electron chi connectivity index (χ1n) is 12.2. The Bertz CT molecular complexity index is 1240. The lowest BCUT2D eigenvalue weighted by Gasteiger charge is -2.14. The van der Waals surface area contributed by atoms with E-state index < -0.39 is 0 Å². The van der Waals surface area contributed by atoms with Crippen LogP contribution in [0.4, 0.5) is 5.00 Å². The lowest BCUT2D eigenvalue weighted by molar-refractivity contribution is -0.113. The number of aromatic nitrogens is 3. The lowest BCUT2D eigenvalue weighted by atomic mass is 10.1. The quantitative estimate of drug-likeness (QED) is 0.223. The number of aryl methyl sites for hydroxylation is 2. The molecule has 4 rings (SSSR count). The number of anilines is 1. The number of carbonyl (C=O) groups is 2. The molecule has 1 aliphatic carbocycles. The highest BCUT2D eigenvalue weighted by molar-refractivity contribution is 7.99.